The van der Waals surface area contributed by atoms with Gasteiger partial charge in [0.1, 0.15) is 12.8 Å². The van der Waals surface area contributed by atoms with Crippen molar-refractivity contribution < 1.29 is 42.9 Å². The van der Waals surface area contributed by atoms with Gasteiger partial charge in [-0.1, -0.05) is 89.7 Å². The number of ether oxygens (including phenoxy) is 1. The fourth-order valence-electron chi connectivity index (χ4n) is 4.91. The Morgan fingerprint density at radius 1 is 0.821 bits per heavy atom. The van der Waals surface area contributed by atoms with Gasteiger partial charge in [-0.3, -0.25) is 14.5 Å². The Kier molecular flexibility index (Phi) is 18.8. The first-order chi connectivity index (χ1) is 18.5. The number of unbranched alkanes of at least 4 members (excludes halogenated alkanes) is 11. The molecule has 0 atom stereocenters. The highest BCUT2D eigenvalue weighted by atomic mass is 127. The fraction of sp³-hybridized carbons (Fsp3) is 0.606. The minimum Gasteiger partial charge on any atom is -1.00 e. The van der Waals surface area contributed by atoms with Crippen molar-refractivity contribution in [2.45, 2.75) is 111 Å². The van der Waals surface area contributed by atoms with Crippen molar-refractivity contribution in [1.82, 2.24) is 4.90 Å². The summed E-state index contributed by atoms with van der Waals surface area (Å²) in [6.07, 6.45) is 19.3. The summed E-state index contributed by atoms with van der Waals surface area (Å²) in [6.45, 7) is 6.69. The van der Waals surface area contributed by atoms with Gasteiger partial charge in [0.15, 0.2) is 11.9 Å². The molecule has 0 spiro atoms. The molecule has 1 aromatic carbocycles. The Morgan fingerprint density at radius 3 is 2.03 bits per heavy atom. The average molecular weight is 651 g/mol. The third kappa shape index (κ3) is 13.3. The second kappa shape index (κ2) is 20.9. The van der Waals surface area contributed by atoms with Gasteiger partial charge in [0.2, 0.25) is 5.91 Å². The van der Waals surface area contributed by atoms with Crippen molar-refractivity contribution in [3.8, 4) is 5.75 Å². The topological polar surface area (TPSA) is 50.5 Å². The van der Waals surface area contributed by atoms with Crippen LogP contribution in [-0.2, 0) is 18.3 Å². The number of hydrogen-bond donors (Lipinski definition) is 0. The lowest BCUT2D eigenvalue weighted by Crippen LogP contribution is -3.00. The van der Waals surface area contributed by atoms with E-state index in [0.29, 0.717) is 18.7 Å². The highest BCUT2D eigenvalue weighted by Gasteiger charge is 2.22. The van der Waals surface area contributed by atoms with Crippen molar-refractivity contribution >= 4 is 11.8 Å². The van der Waals surface area contributed by atoms with Crippen LogP contribution in [0.5, 0.6) is 5.75 Å². The van der Waals surface area contributed by atoms with Gasteiger partial charge in [-0.15, -0.1) is 0 Å². The number of imide groups is 1. The van der Waals surface area contributed by atoms with E-state index in [2.05, 4.69) is 17.6 Å². The molecule has 0 fully saturated rings. The van der Waals surface area contributed by atoms with Crippen LogP contribution in [0.4, 0.5) is 0 Å². The Hall–Kier alpha value is -1.96. The lowest BCUT2D eigenvalue weighted by molar-refractivity contribution is -0.679. The summed E-state index contributed by atoms with van der Waals surface area (Å²) in [4.78, 5) is 27.0. The molecule has 0 unspecified atom stereocenters. The summed E-state index contributed by atoms with van der Waals surface area (Å²) in [5.74, 6) is 0.261. The first-order valence-corrected chi connectivity index (χ1v) is 14.9. The summed E-state index contributed by atoms with van der Waals surface area (Å²) in [5, 5.41) is 0. The second-order valence-corrected chi connectivity index (χ2v) is 10.5. The highest BCUT2D eigenvalue weighted by Crippen LogP contribution is 2.23. The number of pyridine rings is 1. The molecule has 1 heterocycles. The van der Waals surface area contributed by atoms with E-state index in [-0.39, 0.29) is 35.8 Å². The molecule has 39 heavy (non-hydrogen) atoms. The molecule has 0 saturated heterocycles. The molecule has 0 aliphatic carbocycles. The predicted octanol–water partition coefficient (Wildman–Crippen LogP) is 4.52. The molecule has 0 aliphatic rings. The van der Waals surface area contributed by atoms with Crippen LogP contribution in [0.25, 0.3) is 0 Å². The summed E-state index contributed by atoms with van der Waals surface area (Å²) in [5.41, 5.74) is 2.52. The lowest BCUT2D eigenvalue weighted by atomic mass is 10.1. The van der Waals surface area contributed by atoms with Gasteiger partial charge in [-0.2, -0.15) is 0 Å². The molecule has 1 aromatic heterocycles. The smallest absolute Gasteiger partial charge is 0.260 e. The molecule has 5 nitrogen and oxygen atoms in total. The SMILES string of the molecule is CCCCCCCCCCCCCCOc1cccc(C(=O)N(CCCc2cccc[n+]2C)C(C)=O)c1C.[I-]. The van der Waals surface area contributed by atoms with E-state index in [0.717, 1.165) is 30.6 Å². The molecule has 0 aliphatic heterocycles. The molecule has 0 bridgehead atoms. The van der Waals surface area contributed by atoms with Crippen molar-refractivity contribution in [2.75, 3.05) is 13.2 Å². The molecule has 218 valence electrons. The van der Waals surface area contributed by atoms with Crippen molar-refractivity contribution in [2.24, 2.45) is 7.05 Å². The zero-order valence-electron chi connectivity index (χ0n) is 24.9. The molecular formula is C33H51IN2O3. The molecule has 6 heteroatoms. The van der Waals surface area contributed by atoms with E-state index in [4.69, 9.17) is 4.74 Å². The predicted molar refractivity (Wildman–Crippen MR) is 155 cm³/mol. The standard InChI is InChI=1S/C33H51N2O3.HI/c1-5-6-7-8-9-10-11-12-13-14-15-18-27-38-32-24-19-23-31(28(32)2)33(37)35(29(3)36)26-20-22-30-21-16-17-25-34(30)4;/h16-17,19,21,23-25H,5-15,18,20,22,26-27H2,1-4H3;1H/q+1;/p-1. The van der Waals surface area contributed by atoms with Crippen LogP contribution in [0.1, 0.15) is 119 Å². The maximum Gasteiger partial charge on any atom is 0.260 e. The van der Waals surface area contributed by atoms with Gasteiger partial charge in [0.25, 0.3) is 5.91 Å². The van der Waals surface area contributed by atoms with Crippen LogP contribution in [0, 0.1) is 6.92 Å². The Bertz CT molecular complexity index is 979. The van der Waals surface area contributed by atoms with E-state index in [1.165, 1.54) is 88.1 Å². The van der Waals surface area contributed by atoms with E-state index in [9.17, 15) is 9.59 Å². The van der Waals surface area contributed by atoms with Crippen LogP contribution < -0.4 is 33.3 Å². The Morgan fingerprint density at radius 2 is 1.44 bits per heavy atom. The van der Waals surface area contributed by atoms with Gasteiger partial charge in [-0.25, -0.2) is 4.57 Å². The molecule has 0 radical (unpaired) electrons. The Balaban J connectivity index is 0.00000760. The molecule has 2 rings (SSSR count). The number of aromatic nitrogens is 1. The van der Waals surface area contributed by atoms with Crippen LogP contribution in [0.3, 0.4) is 0 Å². The number of amides is 2. The maximum absolute atomic E-state index is 13.3. The van der Waals surface area contributed by atoms with E-state index in [1.807, 2.05) is 44.4 Å². The molecule has 0 saturated carbocycles. The van der Waals surface area contributed by atoms with Gasteiger partial charge in [-0.05, 0) is 31.9 Å². The minimum atomic E-state index is -0.247. The largest absolute Gasteiger partial charge is 1.00 e. The van der Waals surface area contributed by atoms with E-state index in [1.54, 1.807) is 6.07 Å². The van der Waals surface area contributed by atoms with Crippen LogP contribution in [0.2, 0.25) is 0 Å². The number of rotatable bonds is 19. The fourth-order valence-corrected chi connectivity index (χ4v) is 4.91. The van der Waals surface area contributed by atoms with Gasteiger partial charge < -0.3 is 28.7 Å². The quantitative estimate of drug-likeness (QED) is 0.128. The van der Waals surface area contributed by atoms with E-state index >= 15 is 0 Å². The molecule has 2 amide bonds. The lowest BCUT2D eigenvalue weighted by Gasteiger charge is -2.21. The number of nitrogens with zero attached hydrogens (tertiary/aromatic N) is 2. The monoisotopic (exact) mass is 650 g/mol. The third-order valence-corrected chi connectivity index (χ3v) is 7.37. The van der Waals surface area contributed by atoms with Gasteiger partial charge >= 0.3 is 0 Å². The first kappa shape index (κ1) is 35.1. The summed E-state index contributed by atoms with van der Waals surface area (Å²) >= 11 is 0. The van der Waals surface area contributed by atoms with Crippen molar-refractivity contribution in [3.63, 3.8) is 0 Å². The first-order valence-electron chi connectivity index (χ1n) is 14.9. The van der Waals surface area contributed by atoms with Crippen LogP contribution in [0.15, 0.2) is 42.6 Å². The van der Waals surface area contributed by atoms with E-state index < -0.39 is 0 Å². The Labute approximate surface area is 254 Å². The number of carbonyl (C=O) groups excluding carboxylic acids is 2. The van der Waals surface area contributed by atoms with Crippen molar-refractivity contribution in [3.05, 3.63) is 59.4 Å². The average Bonchev–Trinajstić information content (AvgIpc) is 2.90. The van der Waals surface area contributed by atoms with Gasteiger partial charge in [0, 0.05) is 43.1 Å². The third-order valence-electron chi connectivity index (χ3n) is 7.37. The molecule has 2 aromatic rings. The number of hydrogen-bond acceptors (Lipinski definition) is 3. The highest BCUT2D eigenvalue weighted by molar-refractivity contribution is 6.05. The second-order valence-electron chi connectivity index (χ2n) is 10.5. The number of carbonyl (C=O) groups is 2. The summed E-state index contributed by atoms with van der Waals surface area (Å²) < 4.78 is 8.12. The number of halogens is 1. The molecule has 0 N–H and O–H groups in total. The summed E-state index contributed by atoms with van der Waals surface area (Å²) in [7, 11) is 2.01. The van der Waals surface area contributed by atoms with Gasteiger partial charge in [0.05, 0.1) is 6.61 Å². The maximum atomic E-state index is 13.3. The normalized spacial score (nSPS) is 10.7. The summed E-state index contributed by atoms with van der Waals surface area (Å²) in [6, 6.07) is 11.6. The minimum absolute atomic E-state index is 0. The zero-order chi connectivity index (χ0) is 27.6. The van der Waals surface area contributed by atoms with Crippen molar-refractivity contribution in [1.29, 1.82) is 0 Å². The van der Waals surface area contributed by atoms with Crippen LogP contribution >= 0.6 is 0 Å². The van der Waals surface area contributed by atoms with Crippen LogP contribution in [-0.4, -0.2) is 29.9 Å². The number of benzene rings is 1. The molecular weight excluding hydrogens is 599 g/mol. The zero-order valence-corrected chi connectivity index (χ0v) is 27.0. The number of aryl methyl sites for hydroxylation is 2.